The molecule has 0 aliphatic carbocycles. The van der Waals surface area contributed by atoms with Crippen molar-refractivity contribution in [1.82, 2.24) is 10.2 Å². The highest BCUT2D eigenvalue weighted by Gasteiger charge is 2.30. The first-order chi connectivity index (χ1) is 8.38. The summed E-state index contributed by atoms with van der Waals surface area (Å²) in [6, 6.07) is -0.370. The van der Waals surface area contributed by atoms with E-state index in [4.69, 9.17) is 5.73 Å². The zero-order valence-electron chi connectivity index (χ0n) is 12.3. The molecular weight excluding hydrogens is 226 g/mol. The van der Waals surface area contributed by atoms with Gasteiger partial charge in [-0.1, -0.05) is 27.2 Å². The summed E-state index contributed by atoms with van der Waals surface area (Å²) in [4.78, 5) is 14.3. The molecule has 106 valence electrons. The number of hydrogen-bond donors (Lipinski definition) is 2. The van der Waals surface area contributed by atoms with Gasteiger partial charge in [0.2, 0.25) is 5.91 Å². The third kappa shape index (κ3) is 4.25. The molecule has 0 spiro atoms. The maximum Gasteiger partial charge on any atom is 0.237 e. The van der Waals surface area contributed by atoms with Gasteiger partial charge >= 0.3 is 0 Å². The SMILES string of the molecule is CCC(C)[C@H](N)C(=O)NCC1(C)CCN(C)CC1. The summed E-state index contributed by atoms with van der Waals surface area (Å²) in [7, 11) is 2.15. The molecular formula is C14H29N3O. The van der Waals surface area contributed by atoms with Gasteiger partial charge in [-0.15, -0.1) is 0 Å². The van der Waals surface area contributed by atoms with Crippen molar-refractivity contribution in [3.8, 4) is 0 Å². The molecule has 0 aromatic rings. The molecule has 1 rings (SSSR count). The van der Waals surface area contributed by atoms with Crippen LogP contribution in [0.2, 0.25) is 0 Å². The minimum atomic E-state index is -0.370. The molecule has 1 saturated heterocycles. The number of nitrogens with two attached hydrogens (primary N) is 1. The number of likely N-dealkylation sites (tertiary alicyclic amines) is 1. The summed E-state index contributed by atoms with van der Waals surface area (Å²) in [5.74, 6) is 0.250. The molecule has 2 atom stereocenters. The average molecular weight is 255 g/mol. The van der Waals surface area contributed by atoms with Crippen LogP contribution in [0.1, 0.15) is 40.0 Å². The van der Waals surface area contributed by atoms with Crippen molar-refractivity contribution in [2.45, 2.75) is 46.1 Å². The van der Waals surface area contributed by atoms with E-state index in [1.54, 1.807) is 0 Å². The van der Waals surface area contributed by atoms with Crippen molar-refractivity contribution < 1.29 is 4.79 Å². The summed E-state index contributed by atoms with van der Waals surface area (Å²) in [6.45, 7) is 9.34. The Balaban J connectivity index is 2.38. The topological polar surface area (TPSA) is 58.4 Å². The zero-order chi connectivity index (χ0) is 13.8. The van der Waals surface area contributed by atoms with E-state index in [0.717, 1.165) is 38.9 Å². The van der Waals surface area contributed by atoms with E-state index < -0.39 is 0 Å². The lowest BCUT2D eigenvalue weighted by Gasteiger charge is -2.38. The number of rotatable bonds is 5. The number of nitrogens with zero attached hydrogens (tertiary/aromatic N) is 1. The highest BCUT2D eigenvalue weighted by Crippen LogP contribution is 2.29. The molecule has 1 fully saturated rings. The molecule has 3 N–H and O–H groups in total. The Labute approximate surface area is 111 Å². The van der Waals surface area contributed by atoms with E-state index in [1.165, 1.54) is 0 Å². The smallest absolute Gasteiger partial charge is 0.237 e. The van der Waals surface area contributed by atoms with Crippen LogP contribution in [0.5, 0.6) is 0 Å². The lowest BCUT2D eigenvalue weighted by molar-refractivity contribution is -0.124. The average Bonchev–Trinajstić information content (AvgIpc) is 2.38. The van der Waals surface area contributed by atoms with Gasteiger partial charge in [-0.3, -0.25) is 4.79 Å². The third-order valence-electron chi connectivity index (χ3n) is 4.44. The highest BCUT2D eigenvalue weighted by atomic mass is 16.2. The van der Waals surface area contributed by atoms with Crippen LogP contribution in [0, 0.1) is 11.3 Å². The third-order valence-corrected chi connectivity index (χ3v) is 4.44. The van der Waals surface area contributed by atoms with E-state index in [0.29, 0.717) is 0 Å². The first-order valence-corrected chi connectivity index (χ1v) is 7.10. The van der Waals surface area contributed by atoms with Crippen molar-refractivity contribution in [2.24, 2.45) is 17.1 Å². The normalized spacial score (nSPS) is 23.4. The number of carbonyl (C=O) groups excluding carboxylic acids is 1. The van der Waals surface area contributed by atoms with Crippen LogP contribution >= 0.6 is 0 Å². The van der Waals surface area contributed by atoms with Gasteiger partial charge in [-0.05, 0) is 44.3 Å². The molecule has 0 aromatic heterocycles. The van der Waals surface area contributed by atoms with Crippen LogP contribution in [0.25, 0.3) is 0 Å². The van der Waals surface area contributed by atoms with Crippen LogP contribution in [0.3, 0.4) is 0 Å². The minimum Gasteiger partial charge on any atom is -0.354 e. The second-order valence-corrected chi connectivity index (χ2v) is 6.24. The van der Waals surface area contributed by atoms with Gasteiger partial charge in [-0.25, -0.2) is 0 Å². The first-order valence-electron chi connectivity index (χ1n) is 7.10. The maximum absolute atomic E-state index is 11.9. The zero-order valence-corrected chi connectivity index (χ0v) is 12.3. The van der Waals surface area contributed by atoms with Crippen LogP contribution < -0.4 is 11.1 Å². The van der Waals surface area contributed by atoms with Crippen LogP contribution in [-0.2, 0) is 4.79 Å². The summed E-state index contributed by atoms with van der Waals surface area (Å²) in [5.41, 5.74) is 6.17. The molecule has 1 aliphatic heterocycles. The van der Waals surface area contributed by atoms with Gasteiger partial charge < -0.3 is 16.0 Å². The van der Waals surface area contributed by atoms with Gasteiger partial charge in [0, 0.05) is 6.54 Å². The van der Waals surface area contributed by atoms with Gasteiger partial charge in [-0.2, -0.15) is 0 Å². The standard InChI is InChI=1S/C14H29N3O/c1-5-11(2)12(15)13(18)16-10-14(3)6-8-17(4)9-7-14/h11-12H,5-10,15H2,1-4H3,(H,16,18)/t11?,12-/m0/s1. The predicted molar refractivity (Wildman–Crippen MR) is 75.3 cm³/mol. The Morgan fingerprint density at radius 1 is 1.44 bits per heavy atom. The summed E-state index contributed by atoms with van der Waals surface area (Å²) in [6.07, 6.45) is 3.22. The molecule has 1 aliphatic rings. The van der Waals surface area contributed by atoms with Crippen molar-refractivity contribution in [3.05, 3.63) is 0 Å². The second kappa shape index (κ2) is 6.53. The van der Waals surface area contributed by atoms with Crippen LogP contribution in [0.4, 0.5) is 0 Å². The fourth-order valence-corrected chi connectivity index (χ4v) is 2.27. The van der Waals surface area contributed by atoms with Crippen molar-refractivity contribution in [1.29, 1.82) is 0 Å². The molecule has 0 saturated carbocycles. The van der Waals surface area contributed by atoms with Crippen LogP contribution in [0.15, 0.2) is 0 Å². The molecule has 1 unspecified atom stereocenters. The number of nitrogens with one attached hydrogen (secondary N) is 1. The van der Waals surface area contributed by atoms with E-state index in [9.17, 15) is 4.79 Å². The second-order valence-electron chi connectivity index (χ2n) is 6.24. The lowest BCUT2D eigenvalue weighted by Crippen LogP contribution is -2.49. The molecule has 1 amide bonds. The van der Waals surface area contributed by atoms with Gasteiger partial charge in [0.25, 0.3) is 0 Å². The Morgan fingerprint density at radius 2 is 2.00 bits per heavy atom. The van der Waals surface area contributed by atoms with Gasteiger partial charge in [0.1, 0.15) is 0 Å². The Kier molecular flexibility index (Phi) is 5.60. The molecule has 4 heteroatoms. The lowest BCUT2D eigenvalue weighted by atomic mass is 9.80. The molecule has 0 bridgehead atoms. The Hall–Kier alpha value is -0.610. The molecule has 0 radical (unpaired) electrons. The van der Waals surface area contributed by atoms with Crippen LogP contribution in [-0.4, -0.2) is 43.5 Å². The molecule has 4 nitrogen and oxygen atoms in total. The summed E-state index contributed by atoms with van der Waals surface area (Å²) < 4.78 is 0. The first kappa shape index (κ1) is 15.4. The quantitative estimate of drug-likeness (QED) is 0.776. The van der Waals surface area contributed by atoms with Crippen molar-refractivity contribution >= 4 is 5.91 Å². The maximum atomic E-state index is 11.9. The minimum absolute atomic E-state index is 0.00417. The molecule has 18 heavy (non-hydrogen) atoms. The number of hydrogen-bond acceptors (Lipinski definition) is 3. The molecule has 1 heterocycles. The Bertz CT molecular complexity index is 272. The largest absolute Gasteiger partial charge is 0.354 e. The highest BCUT2D eigenvalue weighted by molar-refractivity contribution is 5.81. The summed E-state index contributed by atoms with van der Waals surface area (Å²) in [5, 5.41) is 3.04. The van der Waals surface area contributed by atoms with E-state index in [2.05, 4.69) is 31.1 Å². The van der Waals surface area contributed by atoms with Gasteiger partial charge in [0.15, 0.2) is 0 Å². The van der Waals surface area contributed by atoms with E-state index in [1.807, 2.05) is 6.92 Å². The van der Waals surface area contributed by atoms with Crippen molar-refractivity contribution in [3.63, 3.8) is 0 Å². The summed E-state index contributed by atoms with van der Waals surface area (Å²) >= 11 is 0. The number of amides is 1. The predicted octanol–water partition coefficient (Wildman–Crippen LogP) is 1.21. The number of piperidine rings is 1. The van der Waals surface area contributed by atoms with E-state index >= 15 is 0 Å². The number of carbonyl (C=O) groups is 1. The van der Waals surface area contributed by atoms with Gasteiger partial charge in [0.05, 0.1) is 6.04 Å². The monoisotopic (exact) mass is 255 g/mol. The fourth-order valence-electron chi connectivity index (χ4n) is 2.27. The van der Waals surface area contributed by atoms with Crippen molar-refractivity contribution in [2.75, 3.05) is 26.7 Å². The fraction of sp³-hybridized carbons (Fsp3) is 0.929. The Morgan fingerprint density at radius 3 is 2.50 bits per heavy atom. The molecule has 0 aromatic carbocycles. The van der Waals surface area contributed by atoms with E-state index in [-0.39, 0.29) is 23.3 Å².